The SMILES string of the molecule is c1ccc(-c2ccc(-c3nc(-c4ccccc4)nc(-n4c5cc6oc7ccccc7c6cc5c5cccc(-c6ccccc6)c54)n3)cc2)cc1. The van der Waals surface area contributed by atoms with Crippen LogP contribution in [0.2, 0.25) is 0 Å². The van der Waals surface area contributed by atoms with E-state index < -0.39 is 0 Å². The van der Waals surface area contributed by atoms with E-state index in [1.165, 1.54) is 0 Å². The van der Waals surface area contributed by atoms with Crippen molar-refractivity contribution >= 4 is 43.7 Å². The van der Waals surface area contributed by atoms with Crippen molar-refractivity contribution in [3.8, 4) is 51.0 Å². The van der Waals surface area contributed by atoms with E-state index in [9.17, 15) is 0 Å². The highest BCUT2D eigenvalue weighted by Gasteiger charge is 2.22. The highest BCUT2D eigenvalue weighted by molar-refractivity contribution is 6.19. The van der Waals surface area contributed by atoms with Gasteiger partial charge in [0, 0.05) is 44.3 Å². The molecule has 0 amide bonds. The number of hydrogen-bond donors (Lipinski definition) is 0. The second kappa shape index (κ2) is 11.4. The van der Waals surface area contributed by atoms with Crippen molar-refractivity contribution in [2.24, 2.45) is 0 Å². The lowest BCUT2D eigenvalue weighted by Crippen LogP contribution is -2.07. The molecular formula is C45H28N4O. The van der Waals surface area contributed by atoms with E-state index in [0.717, 1.165) is 77.1 Å². The Labute approximate surface area is 287 Å². The molecule has 3 heterocycles. The summed E-state index contributed by atoms with van der Waals surface area (Å²) in [5, 5.41) is 4.39. The van der Waals surface area contributed by atoms with E-state index in [4.69, 9.17) is 19.4 Å². The molecule has 50 heavy (non-hydrogen) atoms. The third kappa shape index (κ3) is 4.60. The van der Waals surface area contributed by atoms with Crippen LogP contribution >= 0.6 is 0 Å². The molecule has 0 bridgehead atoms. The fourth-order valence-corrected chi connectivity index (χ4v) is 7.09. The number of rotatable bonds is 5. The zero-order chi connectivity index (χ0) is 33.0. The molecule has 3 aromatic heterocycles. The van der Waals surface area contributed by atoms with Crippen LogP contribution in [0.1, 0.15) is 0 Å². The van der Waals surface area contributed by atoms with Crippen molar-refractivity contribution in [3.05, 3.63) is 170 Å². The molecule has 0 radical (unpaired) electrons. The summed E-state index contributed by atoms with van der Waals surface area (Å²) in [7, 11) is 0. The molecular weight excluding hydrogens is 613 g/mol. The first-order chi connectivity index (χ1) is 24.8. The number of nitrogens with zero attached hydrogens (tertiary/aromatic N) is 4. The molecule has 5 heteroatoms. The molecule has 7 aromatic carbocycles. The number of fused-ring (bicyclic) bond motifs is 6. The van der Waals surface area contributed by atoms with Crippen molar-refractivity contribution in [3.63, 3.8) is 0 Å². The van der Waals surface area contributed by atoms with E-state index >= 15 is 0 Å². The van der Waals surface area contributed by atoms with Crippen LogP contribution in [0.3, 0.4) is 0 Å². The minimum atomic E-state index is 0.542. The van der Waals surface area contributed by atoms with Gasteiger partial charge in [-0.05, 0) is 28.8 Å². The molecule has 0 aliphatic carbocycles. The van der Waals surface area contributed by atoms with Gasteiger partial charge in [0.2, 0.25) is 5.95 Å². The molecule has 0 saturated heterocycles. The topological polar surface area (TPSA) is 56.7 Å². The summed E-state index contributed by atoms with van der Waals surface area (Å²) in [5.74, 6) is 1.75. The number of para-hydroxylation sites is 2. The smallest absolute Gasteiger partial charge is 0.238 e. The van der Waals surface area contributed by atoms with Gasteiger partial charge in [-0.3, -0.25) is 4.57 Å². The van der Waals surface area contributed by atoms with Crippen LogP contribution in [0.4, 0.5) is 0 Å². The van der Waals surface area contributed by atoms with Crippen LogP contribution in [0.5, 0.6) is 0 Å². The maximum absolute atomic E-state index is 6.43. The normalized spacial score (nSPS) is 11.6. The zero-order valence-electron chi connectivity index (χ0n) is 26.9. The first-order valence-electron chi connectivity index (χ1n) is 16.7. The highest BCUT2D eigenvalue weighted by atomic mass is 16.3. The van der Waals surface area contributed by atoms with Gasteiger partial charge in [-0.25, -0.2) is 4.98 Å². The van der Waals surface area contributed by atoms with E-state index in [0.29, 0.717) is 17.6 Å². The molecule has 10 aromatic rings. The summed E-state index contributed by atoms with van der Waals surface area (Å²) < 4.78 is 8.62. The highest BCUT2D eigenvalue weighted by Crippen LogP contribution is 2.41. The fourth-order valence-electron chi connectivity index (χ4n) is 7.09. The lowest BCUT2D eigenvalue weighted by Gasteiger charge is -2.13. The summed E-state index contributed by atoms with van der Waals surface area (Å²) in [5.41, 5.74) is 10.0. The van der Waals surface area contributed by atoms with Crippen molar-refractivity contribution in [1.82, 2.24) is 19.5 Å². The van der Waals surface area contributed by atoms with Gasteiger partial charge in [-0.15, -0.1) is 0 Å². The van der Waals surface area contributed by atoms with Crippen LogP contribution in [0, 0.1) is 0 Å². The number of aromatic nitrogens is 4. The van der Waals surface area contributed by atoms with Gasteiger partial charge < -0.3 is 4.42 Å². The molecule has 0 aliphatic heterocycles. The van der Waals surface area contributed by atoms with E-state index in [1.54, 1.807) is 0 Å². The third-order valence-corrected chi connectivity index (χ3v) is 9.48. The Morgan fingerprint density at radius 1 is 0.380 bits per heavy atom. The largest absolute Gasteiger partial charge is 0.456 e. The quantitative estimate of drug-likeness (QED) is 0.188. The predicted octanol–water partition coefficient (Wildman–Crippen LogP) is 11.5. The van der Waals surface area contributed by atoms with Crippen LogP contribution < -0.4 is 0 Å². The van der Waals surface area contributed by atoms with Gasteiger partial charge >= 0.3 is 0 Å². The Bertz CT molecular complexity index is 2840. The molecule has 10 rings (SSSR count). The lowest BCUT2D eigenvalue weighted by molar-refractivity contribution is 0.669. The number of furan rings is 1. The van der Waals surface area contributed by atoms with Gasteiger partial charge in [0.25, 0.3) is 0 Å². The molecule has 0 atom stereocenters. The summed E-state index contributed by atoms with van der Waals surface area (Å²) in [6.07, 6.45) is 0. The van der Waals surface area contributed by atoms with Crippen LogP contribution in [0.25, 0.3) is 94.7 Å². The molecule has 0 N–H and O–H groups in total. The van der Waals surface area contributed by atoms with Gasteiger partial charge in [-0.1, -0.05) is 152 Å². The fraction of sp³-hybridized carbons (Fsp3) is 0. The molecule has 0 unspecified atom stereocenters. The Balaban J connectivity index is 1.28. The summed E-state index contributed by atoms with van der Waals surface area (Å²) in [4.78, 5) is 15.5. The predicted molar refractivity (Wildman–Crippen MR) is 203 cm³/mol. The minimum absolute atomic E-state index is 0.542. The summed E-state index contributed by atoms with van der Waals surface area (Å²) in [6.45, 7) is 0. The molecule has 5 nitrogen and oxygen atoms in total. The Morgan fingerprint density at radius 2 is 0.940 bits per heavy atom. The van der Waals surface area contributed by atoms with Crippen molar-refractivity contribution in [2.45, 2.75) is 0 Å². The van der Waals surface area contributed by atoms with Crippen LogP contribution in [-0.4, -0.2) is 19.5 Å². The second-order valence-corrected chi connectivity index (χ2v) is 12.5. The standard InChI is InChI=1S/C45H28N4O/c1-4-13-29(14-5-1)30-23-25-33(26-24-30)44-46-43(32-17-8-3-9-18-32)47-45(48-44)49-39-28-41-38(35-19-10-11-22-40(35)50-41)27-37(39)36-21-12-20-34(42(36)49)31-15-6-2-7-16-31/h1-28H. The van der Waals surface area contributed by atoms with E-state index in [-0.39, 0.29) is 0 Å². The van der Waals surface area contributed by atoms with Crippen molar-refractivity contribution < 1.29 is 4.42 Å². The Kier molecular flexibility index (Phi) is 6.42. The number of benzene rings is 7. The van der Waals surface area contributed by atoms with Crippen molar-refractivity contribution in [2.75, 3.05) is 0 Å². The first-order valence-corrected chi connectivity index (χ1v) is 16.7. The van der Waals surface area contributed by atoms with Crippen molar-refractivity contribution in [1.29, 1.82) is 0 Å². The second-order valence-electron chi connectivity index (χ2n) is 12.5. The minimum Gasteiger partial charge on any atom is -0.456 e. The van der Waals surface area contributed by atoms with Gasteiger partial charge in [0.1, 0.15) is 11.2 Å². The Hall–Kier alpha value is -6.85. The lowest BCUT2D eigenvalue weighted by atomic mass is 10.0. The average molecular weight is 641 g/mol. The van der Waals surface area contributed by atoms with E-state index in [1.807, 2.05) is 54.6 Å². The maximum Gasteiger partial charge on any atom is 0.238 e. The average Bonchev–Trinajstić information content (AvgIpc) is 3.72. The first kappa shape index (κ1) is 28.2. The molecule has 234 valence electrons. The molecule has 0 saturated carbocycles. The summed E-state index contributed by atoms with van der Waals surface area (Å²) >= 11 is 0. The Morgan fingerprint density at radius 3 is 1.66 bits per heavy atom. The van der Waals surface area contributed by atoms with Gasteiger partial charge in [0.15, 0.2) is 11.6 Å². The third-order valence-electron chi connectivity index (χ3n) is 9.48. The monoisotopic (exact) mass is 640 g/mol. The molecule has 0 aliphatic rings. The summed E-state index contributed by atoms with van der Waals surface area (Å²) in [6, 6.07) is 58.6. The number of hydrogen-bond acceptors (Lipinski definition) is 4. The van der Waals surface area contributed by atoms with Gasteiger partial charge in [0.05, 0.1) is 11.0 Å². The zero-order valence-corrected chi connectivity index (χ0v) is 26.9. The van der Waals surface area contributed by atoms with E-state index in [2.05, 4.69) is 120 Å². The molecule has 0 fully saturated rings. The van der Waals surface area contributed by atoms with Gasteiger partial charge in [-0.2, -0.15) is 9.97 Å². The van der Waals surface area contributed by atoms with Crippen LogP contribution in [-0.2, 0) is 0 Å². The maximum atomic E-state index is 6.43. The molecule has 0 spiro atoms. The van der Waals surface area contributed by atoms with Crippen LogP contribution in [0.15, 0.2) is 174 Å².